The number of nitrogens with zero attached hydrogens (tertiary/aromatic N) is 1. The van der Waals surface area contributed by atoms with E-state index in [0.717, 1.165) is 37.9 Å². The number of carbonyl (C=O) groups excluding carboxylic acids is 1. The normalized spacial score (nSPS) is 24.5. The highest BCUT2D eigenvalue weighted by molar-refractivity contribution is 5.79. The van der Waals surface area contributed by atoms with Gasteiger partial charge in [0, 0.05) is 13.1 Å². The Labute approximate surface area is 132 Å². The van der Waals surface area contributed by atoms with Crippen LogP contribution in [0, 0.1) is 5.92 Å². The fraction of sp³-hybridized carbons (Fsp3) is 0.611. The van der Waals surface area contributed by atoms with Gasteiger partial charge in [0.25, 0.3) is 0 Å². The summed E-state index contributed by atoms with van der Waals surface area (Å²) < 4.78 is 5.80. The Morgan fingerprint density at radius 2 is 1.91 bits per heavy atom. The molecular weight excluding hydrogens is 278 g/mol. The standard InChI is InChI=1S/C18H25NO3/c1-19-11-10-16(12-19)22-18(21)17(13-4-2-3-5-13)14-6-8-15(20)9-7-14/h6-9,13,16-17,20H,2-5,10-12H2,1H3. The van der Waals surface area contributed by atoms with E-state index in [-0.39, 0.29) is 23.7 Å². The second-order valence-corrected chi connectivity index (χ2v) is 6.72. The Hall–Kier alpha value is -1.55. The Balaban J connectivity index is 1.75. The first-order chi connectivity index (χ1) is 10.6. The van der Waals surface area contributed by atoms with Crippen molar-refractivity contribution in [2.24, 2.45) is 5.92 Å². The molecule has 0 aromatic heterocycles. The van der Waals surface area contributed by atoms with Gasteiger partial charge in [-0.2, -0.15) is 0 Å². The molecule has 1 aromatic rings. The molecule has 120 valence electrons. The van der Waals surface area contributed by atoms with Crippen molar-refractivity contribution in [1.29, 1.82) is 0 Å². The lowest BCUT2D eigenvalue weighted by molar-refractivity contribution is -0.151. The number of hydrogen-bond acceptors (Lipinski definition) is 4. The second-order valence-electron chi connectivity index (χ2n) is 6.72. The number of hydrogen-bond donors (Lipinski definition) is 1. The summed E-state index contributed by atoms with van der Waals surface area (Å²) >= 11 is 0. The Kier molecular flexibility index (Phi) is 4.67. The van der Waals surface area contributed by atoms with Crippen LogP contribution in [-0.2, 0) is 9.53 Å². The van der Waals surface area contributed by atoms with Crippen molar-refractivity contribution in [3.05, 3.63) is 29.8 Å². The number of phenolic OH excluding ortho intramolecular Hbond substituents is 1. The number of esters is 1. The lowest BCUT2D eigenvalue weighted by Crippen LogP contribution is -2.28. The third kappa shape index (κ3) is 3.43. The van der Waals surface area contributed by atoms with Gasteiger partial charge in [-0.1, -0.05) is 25.0 Å². The summed E-state index contributed by atoms with van der Waals surface area (Å²) in [7, 11) is 2.06. The van der Waals surface area contributed by atoms with Crippen LogP contribution in [-0.4, -0.2) is 42.2 Å². The smallest absolute Gasteiger partial charge is 0.314 e. The molecule has 0 spiro atoms. The van der Waals surface area contributed by atoms with Crippen molar-refractivity contribution in [3.63, 3.8) is 0 Å². The highest BCUT2D eigenvalue weighted by Crippen LogP contribution is 2.39. The molecule has 0 radical (unpaired) electrons. The number of benzene rings is 1. The van der Waals surface area contributed by atoms with Gasteiger partial charge >= 0.3 is 5.97 Å². The molecule has 4 heteroatoms. The number of carbonyl (C=O) groups is 1. The molecule has 2 aliphatic rings. The lowest BCUT2D eigenvalue weighted by Gasteiger charge is -2.24. The summed E-state index contributed by atoms with van der Waals surface area (Å²) in [5, 5.41) is 9.48. The summed E-state index contributed by atoms with van der Waals surface area (Å²) in [6.45, 7) is 1.82. The van der Waals surface area contributed by atoms with Crippen LogP contribution in [0.3, 0.4) is 0 Å². The molecule has 22 heavy (non-hydrogen) atoms. The molecule has 0 bridgehead atoms. The van der Waals surface area contributed by atoms with Crippen molar-refractivity contribution >= 4 is 5.97 Å². The average Bonchev–Trinajstić information content (AvgIpc) is 3.14. The van der Waals surface area contributed by atoms with Crippen molar-refractivity contribution < 1.29 is 14.6 Å². The maximum atomic E-state index is 12.8. The molecule has 3 rings (SSSR count). The highest BCUT2D eigenvalue weighted by Gasteiger charge is 2.35. The predicted octanol–water partition coefficient (Wildman–Crippen LogP) is 2.91. The van der Waals surface area contributed by atoms with Crippen molar-refractivity contribution in [2.75, 3.05) is 20.1 Å². The molecule has 1 saturated carbocycles. The van der Waals surface area contributed by atoms with E-state index in [1.807, 2.05) is 12.1 Å². The fourth-order valence-corrected chi connectivity index (χ4v) is 3.80. The number of ether oxygens (including phenoxy) is 1. The summed E-state index contributed by atoms with van der Waals surface area (Å²) in [5.74, 6) is 0.336. The first-order valence-corrected chi connectivity index (χ1v) is 8.31. The maximum Gasteiger partial charge on any atom is 0.314 e. The van der Waals surface area contributed by atoms with E-state index in [9.17, 15) is 9.90 Å². The maximum absolute atomic E-state index is 12.8. The largest absolute Gasteiger partial charge is 0.508 e. The van der Waals surface area contributed by atoms with Crippen LogP contribution >= 0.6 is 0 Å². The fourth-order valence-electron chi connectivity index (χ4n) is 3.80. The minimum Gasteiger partial charge on any atom is -0.508 e. The van der Waals surface area contributed by atoms with E-state index >= 15 is 0 Å². The van der Waals surface area contributed by atoms with Gasteiger partial charge in [0.2, 0.25) is 0 Å². The molecule has 1 N–H and O–H groups in total. The van der Waals surface area contributed by atoms with Crippen LogP contribution in [0.15, 0.2) is 24.3 Å². The van der Waals surface area contributed by atoms with Gasteiger partial charge in [0.15, 0.2) is 0 Å². The summed E-state index contributed by atoms with van der Waals surface area (Å²) in [4.78, 5) is 15.0. The van der Waals surface area contributed by atoms with E-state index in [2.05, 4.69) is 11.9 Å². The van der Waals surface area contributed by atoms with Crippen LogP contribution in [0.25, 0.3) is 0 Å². The van der Waals surface area contributed by atoms with Crippen LogP contribution in [0.4, 0.5) is 0 Å². The molecular formula is C18H25NO3. The first-order valence-electron chi connectivity index (χ1n) is 8.31. The monoisotopic (exact) mass is 303 g/mol. The zero-order valence-electron chi connectivity index (χ0n) is 13.2. The van der Waals surface area contributed by atoms with E-state index in [1.54, 1.807) is 12.1 Å². The quantitative estimate of drug-likeness (QED) is 0.869. The lowest BCUT2D eigenvalue weighted by atomic mass is 9.85. The molecule has 2 fully saturated rings. The van der Waals surface area contributed by atoms with Crippen molar-refractivity contribution in [3.8, 4) is 5.75 Å². The number of phenols is 1. The van der Waals surface area contributed by atoms with Crippen LogP contribution in [0.2, 0.25) is 0 Å². The molecule has 1 aliphatic heterocycles. The molecule has 1 aliphatic carbocycles. The molecule has 1 aromatic carbocycles. The Morgan fingerprint density at radius 1 is 1.23 bits per heavy atom. The number of rotatable bonds is 4. The van der Waals surface area contributed by atoms with E-state index in [4.69, 9.17) is 4.74 Å². The zero-order valence-corrected chi connectivity index (χ0v) is 13.2. The van der Waals surface area contributed by atoms with Crippen molar-refractivity contribution in [2.45, 2.75) is 44.1 Å². The van der Waals surface area contributed by atoms with Crippen LogP contribution < -0.4 is 0 Å². The minimum atomic E-state index is -0.186. The molecule has 2 unspecified atom stereocenters. The average molecular weight is 303 g/mol. The predicted molar refractivity (Wildman–Crippen MR) is 84.8 cm³/mol. The Morgan fingerprint density at radius 3 is 2.50 bits per heavy atom. The topological polar surface area (TPSA) is 49.8 Å². The Bertz CT molecular complexity index is 508. The third-order valence-corrected chi connectivity index (χ3v) is 5.01. The molecule has 1 saturated heterocycles. The van der Waals surface area contributed by atoms with Gasteiger partial charge in [-0.05, 0) is 49.9 Å². The summed E-state index contributed by atoms with van der Waals surface area (Å²) in [6, 6.07) is 7.04. The second kappa shape index (κ2) is 6.69. The van der Waals surface area contributed by atoms with Gasteiger partial charge in [0.1, 0.15) is 11.9 Å². The van der Waals surface area contributed by atoms with Gasteiger partial charge in [0.05, 0.1) is 5.92 Å². The van der Waals surface area contributed by atoms with E-state index in [1.165, 1.54) is 12.8 Å². The number of likely N-dealkylation sites (N-methyl/N-ethyl adjacent to an activating group) is 1. The zero-order chi connectivity index (χ0) is 15.5. The molecule has 4 nitrogen and oxygen atoms in total. The SMILES string of the molecule is CN1CCC(OC(=O)C(c2ccc(O)cc2)C2CCCC2)C1. The van der Waals surface area contributed by atoms with E-state index in [0.29, 0.717) is 5.92 Å². The third-order valence-electron chi connectivity index (χ3n) is 5.01. The van der Waals surface area contributed by atoms with Crippen LogP contribution in [0.1, 0.15) is 43.6 Å². The van der Waals surface area contributed by atoms with Gasteiger partial charge in [-0.15, -0.1) is 0 Å². The van der Waals surface area contributed by atoms with Crippen LogP contribution in [0.5, 0.6) is 5.75 Å². The summed E-state index contributed by atoms with van der Waals surface area (Å²) in [5.41, 5.74) is 0.973. The highest BCUT2D eigenvalue weighted by atomic mass is 16.5. The molecule has 1 heterocycles. The molecule has 0 amide bonds. The first kappa shape index (κ1) is 15.3. The number of aromatic hydroxyl groups is 1. The van der Waals surface area contributed by atoms with Gasteiger partial charge in [-0.3, -0.25) is 4.79 Å². The number of likely N-dealkylation sites (tertiary alicyclic amines) is 1. The minimum absolute atomic E-state index is 0.0264. The van der Waals surface area contributed by atoms with E-state index < -0.39 is 0 Å². The van der Waals surface area contributed by atoms with Gasteiger partial charge < -0.3 is 14.7 Å². The summed E-state index contributed by atoms with van der Waals surface area (Å²) in [6.07, 6.45) is 5.52. The van der Waals surface area contributed by atoms with Crippen molar-refractivity contribution in [1.82, 2.24) is 4.90 Å². The van der Waals surface area contributed by atoms with Gasteiger partial charge in [-0.25, -0.2) is 0 Å². The molecule has 2 atom stereocenters.